The Hall–Kier alpha value is -1.10. The van der Waals surface area contributed by atoms with Crippen LogP contribution in [-0.2, 0) is 9.59 Å². The van der Waals surface area contributed by atoms with Crippen molar-refractivity contribution in [3.63, 3.8) is 0 Å². The predicted molar refractivity (Wildman–Crippen MR) is 64.4 cm³/mol. The van der Waals surface area contributed by atoms with Crippen LogP contribution in [0.2, 0.25) is 0 Å². The SMILES string of the molecule is CC[C@H](C)[C@H](N)C(=O)N1CCC(C(=O)O)CC1. The van der Waals surface area contributed by atoms with Gasteiger partial charge in [0.2, 0.25) is 5.91 Å². The molecule has 0 aromatic heterocycles. The van der Waals surface area contributed by atoms with Gasteiger partial charge in [-0.3, -0.25) is 9.59 Å². The predicted octanol–water partition coefficient (Wildman–Crippen LogP) is 0.683. The molecule has 1 rings (SSSR count). The molecule has 0 radical (unpaired) electrons. The highest BCUT2D eigenvalue weighted by Gasteiger charge is 2.30. The van der Waals surface area contributed by atoms with Crippen molar-refractivity contribution in [1.29, 1.82) is 0 Å². The Kier molecular flexibility index (Phi) is 4.93. The Morgan fingerprint density at radius 3 is 2.35 bits per heavy atom. The lowest BCUT2D eigenvalue weighted by Crippen LogP contribution is -2.50. The fourth-order valence-corrected chi connectivity index (χ4v) is 2.05. The Labute approximate surface area is 102 Å². The molecule has 5 heteroatoms. The van der Waals surface area contributed by atoms with Crippen molar-refractivity contribution in [3.05, 3.63) is 0 Å². The van der Waals surface area contributed by atoms with E-state index in [0.29, 0.717) is 25.9 Å². The minimum absolute atomic E-state index is 0.0387. The fourth-order valence-electron chi connectivity index (χ4n) is 2.05. The zero-order valence-corrected chi connectivity index (χ0v) is 10.6. The van der Waals surface area contributed by atoms with Gasteiger partial charge in [-0.15, -0.1) is 0 Å². The summed E-state index contributed by atoms with van der Waals surface area (Å²) in [6.45, 7) is 5.00. The van der Waals surface area contributed by atoms with E-state index in [9.17, 15) is 9.59 Å². The molecule has 1 fully saturated rings. The van der Waals surface area contributed by atoms with Gasteiger partial charge >= 0.3 is 5.97 Å². The van der Waals surface area contributed by atoms with Crippen molar-refractivity contribution in [2.75, 3.05) is 13.1 Å². The smallest absolute Gasteiger partial charge is 0.306 e. The Balaban J connectivity index is 2.48. The molecule has 0 bridgehead atoms. The minimum Gasteiger partial charge on any atom is -0.481 e. The molecular weight excluding hydrogens is 220 g/mol. The first-order valence-corrected chi connectivity index (χ1v) is 6.24. The molecule has 17 heavy (non-hydrogen) atoms. The summed E-state index contributed by atoms with van der Waals surface area (Å²) in [6.07, 6.45) is 1.95. The molecule has 98 valence electrons. The van der Waals surface area contributed by atoms with Crippen LogP contribution in [0.5, 0.6) is 0 Å². The topological polar surface area (TPSA) is 83.6 Å². The highest BCUT2D eigenvalue weighted by atomic mass is 16.4. The van der Waals surface area contributed by atoms with Gasteiger partial charge < -0.3 is 15.7 Å². The van der Waals surface area contributed by atoms with Crippen LogP contribution >= 0.6 is 0 Å². The van der Waals surface area contributed by atoms with Crippen LogP contribution in [0.15, 0.2) is 0 Å². The summed E-state index contributed by atoms with van der Waals surface area (Å²) < 4.78 is 0. The van der Waals surface area contributed by atoms with E-state index in [1.54, 1.807) is 4.90 Å². The van der Waals surface area contributed by atoms with Crippen molar-refractivity contribution < 1.29 is 14.7 Å². The summed E-state index contributed by atoms with van der Waals surface area (Å²) in [4.78, 5) is 24.5. The molecule has 0 unspecified atom stereocenters. The summed E-state index contributed by atoms with van der Waals surface area (Å²) in [5, 5.41) is 8.87. The van der Waals surface area contributed by atoms with E-state index in [1.165, 1.54) is 0 Å². The molecule has 5 nitrogen and oxygen atoms in total. The summed E-state index contributed by atoms with van der Waals surface area (Å²) >= 11 is 0. The second kappa shape index (κ2) is 6.00. The van der Waals surface area contributed by atoms with Crippen LogP contribution in [0.1, 0.15) is 33.1 Å². The minimum atomic E-state index is -0.761. The van der Waals surface area contributed by atoms with Gasteiger partial charge in [0.15, 0.2) is 0 Å². The van der Waals surface area contributed by atoms with Crippen LogP contribution in [0, 0.1) is 11.8 Å². The third-order valence-electron chi connectivity index (χ3n) is 3.70. The number of piperidine rings is 1. The largest absolute Gasteiger partial charge is 0.481 e. The van der Waals surface area contributed by atoms with Gasteiger partial charge in [0, 0.05) is 13.1 Å². The molecule has 0 aliphatic carbocycles. The standard InChI is InChI=1S/C12H22N2O3/c1-3-8(2)10(13)11(15)14-6-4-9(5-7-14)12(16)17/h8-10H,3-7,13H2,1-2H3,(H,16,17)/t8-,10-/m0/s1. The molecule has 0 spiro atoms. The van der Waals surface area contributed by atoms with Crippen LogP contribution in [-0.4, -0.2) is 41.0 Å². The lowest BCUT2D eigenvalue weighted by atomic mass is 9.94. The van der Waals surface area contributed by atoms with E-state index in [1.807, 2.05) is 13.8 Å². The second-order valence-electron chi connectivity index (χ2n) is 4.85. The van der Waals surface area contributed by atoms with Crippen molar-refractivity contribution in [2.24, 2.45) is 17.6 Å². The van der Waals surface area contributed by atoms with Gasteiger partial charge in [0.25, 0.3) is 0 Å². The third-order valence-corrected chi connectivity index (χ3v) is 3.70. The van der Waals surface area contributed by atoms with Crippen molar-refractivity contribution >= 4 is 11.9 Å². The average molecular weight is 242 g/mol. The molecule has 3 N–H and O–H groups in total. The van der Waals surface area contributed by atoms with E-state index in [0.717, 1.165) is 6.42 Å². The lowest BCUT2D eigenvalue weighted by Gasteiger charge is -2.33. The number of carbonyl (C=O) groups excluding carboxylic acids is 1. The Bertz CT molecular complexity index is 285. The normalized spacial score (nSPS) is 21.0. The van der Waals surface area contributed by atoms with Gasteiger partial charge in [0.1, 0.15) is 0 Å². The number of carboxylic acids is 1. The zero-order valence-electron chi connectivity index (χ0n) is 10.6. The number of nitrogens with zero attached hydrogens (tertiary/aromatic N) is 1. The molecule has 0 saturated carbocycles. The maximum absolute atomic E-state index is 12.0. The zero-order chi connectivity index (χ0) is 13.0. The second-order valence-corrected chi connectivity index (χ2v) is 4.85. The highest BCUT2D eigenvalue weighted by Crippen LogP contribution is 2.19. The summed E-state index contributed by atoms with van der Waals surface area (Å²) in [6, 6.07) is -0.457. The van der Waals surface area contributed by atoms with Crippen molar-refractivity contribution in [3.8, 4) is 0 Å². The Morgan fingerprint density at radius 1 is 1.41 bits per heavy atom. The maximum atomic E-state index is 12.0. The number of rotatable bonds is 4. The summed E-state index contributed by atoms with van der Waals surface area (Å²) in [7, 11) is 0. The maximum Gasteiger partial charge on any atom is 0.306 e. The van der Waals surface area contributed by atoms with Gasteiger partial charge in [-0.2, -0.15) is 0 Å². The number of amides is 1. The number of carbonyl (C=O) groups is 2. The first kappa shape index (κ1) is 14.0. The first-order chi connectivity index (χ1) is 7.97. The molecule has 0 aromatic rings. The average Bonchev–Trinajstić information content (AvgIpc) is 2.36. The van der Waals surface area contributed by atoms with Crippen LogP contribution in [0.4, 0.5) is 0 Å². The first-order valence-electron chi connectivity index (χ1n) is 6.24. The number of likely N-dealkylation sites (tertiary alicyclic amines) is 1. The van der Waals surface area contributed by atoms with E-state index >= 15 is 0 Å². The number of hydrogen-bond acceptors (Lipinski definition) is 3. The Morgan fingerprint density at radius 2 is 1.94 bits per heavy atom. The summed E-state index contributed by atoms with van der Waals surface area (Å²) in [5.74, 6) is -0.940. The van der Waals surface area contributed by atoms with E-state index < -0.39 is 12.0 Å². The highest BCUT2D eigenvalue weighted by molar-refractivity contribution is 5.82. The van der Waals surface area contributed by atoms with Gasteiger partial charge in [-0.05, 0) is 18.8 Å². The molecule has 1 aliphatic rings. The van der Waals surface area contributed by atoms with Gasteiger partial charge in [0.05, 0.1) is 12.0 Å². The van der Waals surface area contributed by atoms with Crippen LogP contribution in [0.3, 0.4) is 0 Å². The lowest BCUT2D eigenvalue weighted by molar-refractivity contribution is -0.146. The quantitative estimate of drug-likeness (QED) is 0.759. The van der Waals surface area contributed by atoms with Crippen molar-refractivity contribution in [2.45, 2.75) is 39.2 Å². The number of aliphatic carboxylic acids is 1. The molecule has 2 atom stereocenters. The summed E-state index contributed by atoms with van der Waals surface area (Å²) in [5.41, 5.74) is 5.89. The van der Waals surface area contributed by atoms with Crippen LogP contribution < -0.4 is 5.73 Å². The van der Waals surface area contributed by atoms with E-state index in [-0.39, 0.29) is 17.7 Å². The third kappa shape index (κ3) is 3.43. The van der Waals surface area contributed by atoms with E-state index in [4.69, 9.17) is 10.8 Å². The molecule has 1 heterocycles. The van der Waals surface area contributed by atoms with Gasteiger partial charge in [-0.25, -0.2) is 0 Å². The van der Waals surface area contributed by atoms with Crippen molar-refractivity contribution in [1.82, 2.24) is 4.90 Å². The fraction of sp³-hybridized carbons (Fsp3) is 0.833. The van der Waals surface area contributed by atoms with Gasteiger partial charge in [-0.1, -0.05) is 20.3 Å². The number of hydrogen-bond donors (Lipinski definition) is 2. The molecular formula is C12H22N2O3. The van der Waals surface area contributed by atoms with Crippen LogP contribution in [0.25, 0.3) is 0 Å². The molecule has 1 saturated heterocycles. The molecule has 0 aromatic carbocycles. The monoisotopic (exact) mass is 242 g/mol. The molecule has 1 amide bonds. The molecule has 1 aliphatic heterocycles. The van der Waals surface area contributed by atoms with E-state index in [2.05, 4.69) is 0 Å². The number of carboxylic acid groups (broad SMARTS) is 1. The number of nitrogens with two attached hydrogens (primary N) is 1.